The Morgan fingerprint density at radius 3 is 2.45 bits per heavy atom. The van der Waals surface area contributed by atoms with Crippen LogP contribution in [0.5, 0.6) is 5.75 Å². The number of carbonyl (C=O) groups is 1. The van der Waals surface area contributed by atoms with E-state index in [0.717, 1.165) is 60.4 Å². The lowest BCUT2D eigenvalue weighted by atomic mass is 9.72. The average Bonchev–Trinajstić information content (AvgIpc) is 3.43. The van der Waals surface area contributed by atoms with Gasteiger partial charge in [0.15, 0.2) is 0 Å². The fourth-order valence-electron chi connectivity index (χ4n) is 5.68. The fourth-order valence-corrected chi connectivity index (χ4v) is 5.68. The lowest BCUT2D eigenvalue weighted by Gasteiger charge is -2.33. The van der Waals surface area contributed by atoms with Gasteiger partial charge in [0, 0.05) is 25.5 Å². The molecule has 1 aliphatic rings. The highest BCUT2D eigenvalue weighted by Gasteiger charge is 2.40. The van der Waals surface area contributed by atoms with Crippen molar-refractivity contribution in [2.24, 2.45) is 5.41 Å². The Hall–Kier alpha value is -3.77. The number of esters is 1. The molecular weight excluding hydrogens is 524 g/mol. The van der Waals surface area contributed by atoms with E-state index in [9.17, 15) is 4.79 Å². The van der Waals surface area contributed by atoms with Gasteiger partial charge in [-0.1, -0.05) is 60.7 Å². The van der Waals surface area contributed by atoms with Gasteiger partial charge in [0.2, 0.25) is 0 Å². The van der Waals surface area contributed by atoms with Crippen LogP contribution in [0, 0.1) is 5.41 Å². The van der Waals surface area contributed by atoms with Crippen molar-refractivity contribution in [3.63, 3.8) is 0 Å². The minimum Gasteiger partial charge on any atom is -0.497 e. The van der Waals surface area contributed by atoms with E-state index < -0.39 is 5.41 Å². The second-order valence-corrected chi connectivity index (χ2v) is 11.5. The molecule has 0 saturated heterocycles. The van der Waals surface area contributed by atoms with Crippen LogP contribution in [-0.2, 0) is 33.9 Å². The number of ether oxygens (including phenoxy) is 3. The molecule has 2 atom stereocenters. The van der Waals surface area contributed by atoms with Gasteiger partial charge in [-0.3, -0.25) is 4.79 Å². The van der Waals surface area contributed by atoms with Crippen LogP contribution in [0.3, 0.4) is 0 Å². The number of allylic oxidation sites excluding steroid dienone is 1. The predicted molar refractivity (Wildman–Crippen MR) is 168 cm³/mol. The van der Waals surface area contributed by atoms with Crippen LogP contribution in [0.15, 0.2) is 84.7 Å². The molecule has 3 aromatic carbocycles. The van der Waals surface area contributed by atoms with Crippen molar-refractivity contribution in [3.05, 3.63) is 113 Å². The molecule has 0 spiro atoms. The molecule has 0 bridgehead atoms. The summed E-state index contributed by atoms with van der Waals surface area (Å²) in [5.74, 6) is 0.602. The molecule has 0 radical (unpaired) electrons. The maximum Gasteiger partial charge on any atom is 0.312 e. The van der Waals surface area contributed by atoms with E-state index in [1.54, 1.807) is 7.11 Å². The van der Waals surface area contributed by atoms with Gasteiger partial charge in [-0.25, -0.2) is 0 Å². The van der Waals surface area contributed by atoms with Gasteiger partial charge in [-0.2, -0.15) is 0 Å². The summed E-state index contributed by atoms with van der Waals surface area (Å²) < 4.78 is 17.6. The molecule has 0 amide bonds. The molecule has 0 aromatic heterocycles. The van der Waals surface area contributed by atoms with Crippen LogP contribution in [0.2, 0.25) is 0 Å². The number of benzene rings is 3. The van der Waals surface area contributed by atoms with Gasteiger partial charge in [-0.05, 0) is 92.3 Å². The number of fused-ring (bicyclic) bond motifs is 1. The summed E-state index contributed by atoms with van der Waals surface area (Å²) in [6, 6.07) is 24.6. The summed E-state index contributed by atoms with van der Waals surface area (Å²) in [6.07, 6.45) is 5.60. The van der Waals surface area contributed by atoms with Crippen LogP contribution in [0.4, 0.5) is 0 Å². The zero-order chi connectivity index (χ0) is 30.0. The lowest BCUT2D eigenvalue weighted by molar-refractivity contribution is -0.156. The van der Waals surface area contributed by atoms with Crippen molar-refractivity contribution in [1.82, 2.24) is 10.6 Å². The number of aryl methyl sites for hydroxylation is 1. The molecule has 42 heavy (non-hydrogen) atoms. The van der Waals surface area contributed by atoms with Gasteiger partial charge in [0.1, 0.15) is 12.4 Å². The Kier molecular flexibility index (Phi) is 11.1. The Morgan fingerprint density at radius 1 is 1.02 bits per heavy atom. The van der Waals surface area contributed by atoms with E-state index in [1.807, 2.05) is 81.7 Å². The molecule has 2 N–H and O–H groups in total. The van der Waals surface area contributed by atoms with Crippen molar-refractivity contribution in [2.75, 3.05) is 20.7 Å². The molecule has 0 saturated carbocycles. The second-order valence-electron chi connectivity index (χ2n) is 11.5. The Morgan fingerprint density at radius 2 is 1.76 bits per heavy atom. The zero-order valence-electron chi connectivity index (χ0n) is 25.7. The molecule has 2 unspecified atom stereocenters. The minimum atomic E-state index is -0.738. The van der Waals surface area contributed by atoms with Gasteiger partial charge in [0.25, 0.3) is 0 Å². The van der Waals surface area contributed by atoms with E-state index in [0.29, 0.717) is 6.61 Å². The molecule has 0 heterocycles. The molecule has 0 fully saturated rings. The first kappa shape index (κ1) is 31.2. The lowest BCUT2D eigenvalue weighted by Crippen LogP contribution is -2.34. The highest BCUT2D eigenvalue weighted by molar-refractivity contribution is 5.77. The van der Waals surface area contributed by atoms with Crippen molar-refractivity contribution in [2.45, 2.75) is 71.7 Å². The van der Waals surface area contributed by atoms with Gasteiger partial charge < -0.3 is 24.8 Å². The van der Waals surface area contributed by atoms with Crippen LogP contribution in [0.25, 0.3) is 0 Å². The number of rotatable bonds is 15. The van der Waals surface area contributed by atoms with Crippen molar-refractivity contribution in [3.8, 4) is 5.75 Å². The molecule has 6 heteroatoms. The summed E-state index contributed by atoms with van der Waals surface area (Å²) in [7, 11) is 3.62. The topological polar surface area (TPSA) is 68.8 Å². The van der Waals surface area contributed by atoms with E-state index >= 15 is 0 Å². The first-order valence-corrected chi connectivity index (χ1v) is 15.0. The number of carbonyl (C=O) groups excluding carboxylic acids is 1. The van der Waals surface area contributed by atoms with Crippen LogP contribution in [0.1, 0.15) is 79.9 Å². The standard InChI is InChI=1S/C36H46N2O4/c1-6-38-23-30(37-4)17-20-33(36(2,3)35(39)42-25-26-10-8-7-9-11-26)29-15-14-28-16-21-34(32(28)22-29)41-24-27-12-18-31(40-5)19-13-27/h7-15,18-19,22-23,33-34,37-38H,6,16-17,20-21,24-25H2,1-5H3/b30-23-. The largest absolute Gasteiger partial charge is 0.497 e. The van der Waals surface area contributed by atoms with Crippen molar-refractivity contribution >= 4 is 5.97 Å². The second kappa shape index (κ2) is 14.9. The Bertz CT molecular complexity index is 1320. The van der Waals surface area contributed by atoms with Crippen LogP contribution < -0.4 is 15.4 Å². The third-order valence-electron chi connectivity index (χ3n) is 8.32. The summed E-state index contributed by atoms with van der Waals surface area (Å²) in [6.45, 7) is 7.78. The SMILES string of the molecule is CCN/C=C(/CCC(c1ccc2c(c1)C(OCc1ccc(OC)cc1)CC2)C(C)(C)C(=O)OCc1ccccc1)NC. The normalized spacial score (nSPS) is 15.5. The predicted octanol–water partition coefficient (Wildman–Crippen LogP) is 7.20. The van der Waals surface area contributed by atoms with E-state index in [4.69, 9.17) is 14.2 Å². The molecule has 3 aromatic rings. The molecule has 0 aliphatic heterocycles. The number of hydrogen-bond donors (Lipinski definition) is 2. The maximum atomic E-state index is 13.6. The molecular formula is C36H46N2O4. The Labute approximate surface area is 251 Å². The van der Waals surface area contributed by atoms with Crippen molar-refractivity contribution < 1.29 is 19.0 Å². The molecule has 224 valence electrons. The third-order valence-corrected chi connectivity index (χ3v) is 8.32. The van der Waals surface area contributed by atoms with Crippen LogP contribution in [-0.4, -0.2) is 26.7 Å². The summed E-state index contributed by atoms with van der Waals surface area (Å²) in [4.78, 5) is 13.6. The van der Waals surface area contributed by atoms with Gasteiger partial charge >= 0.3 is 5.97 Å². The zero-order valence-corrected chi connectivity index (χ0v) is 25.7. The third kappa shape index (κ3) is 7.95. The van der Waals surface area contributed by atoms with E-state index in [-0.39, 0.29) is 24.6 Å². The first-order valence-electron chi connectivity index (χ1n) is 15.0. The fraction of sp³-hybridized carbons (Fsp3) is 0.417. The smallest absolute Gasteiger partial charge is 0.312 e. The van der Waals surface area contributed by atoms with Gasteiger partial charge in [-0.15, -0.1) is 0 Å². The van der Waals surface area contributed by atoms with Crippen molar-refractivity contribution in [1.29, 1.82) is 0 Å². The quantitative estimate of drug-likeness (QED) is 0.188. The summed E-state index contributed by atoms with van der Waals surface area (Å²) >= 11 is 0. The minimum absolute atomic E-state index is 0.0253. The maximum absolute atomic E-state index is 13.6. The molecule has 1 aliphatic carbocycles. The van der Waals surface area contributed by atoms with E-state index in [2.05, 4.69) is 35.8 Å². The highest BCUT2D eigenvalue weighted by Crippen LogP contribution is 2.44. The summed E-state index contributed by atoms with van der Waals surface area (Å²) in [5, 5.41) is 6.61. The monoisotopic (exact) mass is 570 g/mol. The van der Waals surface area contributed by atoms with E-state index in [1.165, 1.54) is 11.1 Å². The first-order chi connectivity index (χ1) is 20.3. The molecule has 4 rings (SSSR count). The summed E-state index contributed by atoms with van der Waals surface area (Å²) in [5.41, 5.74) is 6.18. The number of hydrogen-bond acceptors (Lipinski definition) is 6. The average molecular weight is 571 g/mol. The highest BCUT2D eigenvalue weighted by atomic mass is 16.5. The van der Waals surface area contributed by atoms with Crippen LogP contribution >= 0.6 is 0 Å². The number of nitrogens with one attached hydrogen (secondary N) is 2. The van der Waals surface area contributed by atoms with Gasteiger partial charge in [0.05, 0.1) is 25.2 Å². The Balaban J connectivity index is 1.56. The number of methoxy groups -OCH3 is 1. The molecule has 6 nitrogen and oxygen atoms in total.